The van der Waals surface area contributed by atoms with Gasteiger partial charge in [-0.15, -0.1) is 0 Å². The van der Waals surface area contributed by atoms with Crippen LogP contribution in [0.5, 0.6) is 0 Å². The lowest BCUT2D eigenvalue weighted by Gasteiger charge is -2.40. The highest BCUT2D eigenvalue weighted by atomic mass is 32.2. The lowest BCUT2D eigenvalue weighted by Crippen LogP contribution is -2.43. The molecule has 2 rings (SSSR count). The van der Waals surface area contributed by atoms with E-state index in [0.717, 1.165) is 19.5 Å². The Balaban J connectivity index is 2.20. The van der Waals surface area contributed by atoms with E-state index in [2.05, 4.69) is 60.8 Å². The first-order chi connectivity index (χ1) is 9.06. The second-order valence-electron chi connectivity index (χ2n) is 5.31. The van der Waals surface area contributed by atoms with Gasteiger partial charge < -0.3 is 5.73 Å². The van der Waals surface area contributed by atoms with Gasteiger partial charge in [0.15, 0.2) is 0 Å². The number of hydrogen-bond acceptors (Lipinski definition) is 3. The summed E-state index contributed by atoms with van der Waals surface area (Å²) in [6, 6.07) is 10.9. The van der Waals surface area contributed by atoms with E-state index in [-0.39, 0.29) is 0 Å². The van der Waals surface area contributed by atoms with Crippen molar-refractivity contribution < 1.29 is 0 Å². The summed E-state index contributed by atoms with van der Waals surface area (Å²) in [5.41, 5.74) is 7.13. The molecule has 2 nitrogen and oxygen atoms in total. The molecule has 1 aliphatic rings. The SMILES string of the molecule is CC1CN(C(CC(N)=S)c2ccccc2)CC(C)S1. The molecule has 0 spiro atoms. The van der Waals surface area contributed by atoms with Crippen LogP contribution in [-0.4, -0.2) is 33.5 Å². The summed E-state index contributed by atoms with van der Waals surface area (Å²) < 4.78 is 0. The summed E-state index contributed by atoms with van der Waals surface area (Å²) in [4.78, 5) is 3.15. The highest BCUT2D eigenvalue weighted by Gasteiger charge is 2.28. The van der Waals surface area contributed by atoms with E-state index in [1.165, 1.54) is 5.56 Å². The number of hydrogen-bond donors (Lipinski definition) is 1. The molecule has 0 aromatic heterocycles. The summed E-state index contributed by atoms with van der Waals surface area (Å²) in [6.45, 7) is 6.82. The van der Waals surface area contributed by atoms with Gasteiger partial charge in [0.05, 0.1) is 4.99 Å². The van der Waals surface area contributed by atoms with Gasteiger partial charge in [-0.2, -0.15) is 11.8 Å². The Morgan fingerprint density at radius 3 is 2.42 bits per heavy atom. The molecule has 1 aromatic carbocycles. The van der Waals surface area contributed by atoms with Crippen LogP contribution in [0.3, 0.4) is 0 Å². The Morgan fingerprint density at radius 2 is 1.89 bits per heavy atom. The van der Waals surface area contributed by atoms with Crippen LogP contribution in [0.2, 0.25) is 0 Å². The normalized spacial score (nSPS) is 26.0. The smallest absolute Gasteiger partial charge is 0.0746 e. The highest BCUT2D eigenvalue weighted by molar-refractivity contribution is 8.00. The number of benzene rings is 1. The Hall–Kier alpha value is -0.580. The molecule has 4 heteroatoms. The zero-order valence-corrected chi connectivity index (χ0v) is 13.2. The topological polar surface area (TPSA) is 29.3 Å². The third-order valence-corrected chi connectivity index (χ3v) is 4.86. The molecular weight excluding hydrogens is 272 g/mol. The predicted molar refractivity (Wildman–Crippen MR) is 88.7 cm³/mol. The van der Waals surface area contributed by atoms with E-state index in [4.69, 9.17) is 18.0 Å². The maximum absolute atomic E-state index is 5.81. The zero-order valence-electron chi connectivity index (χ0n) is 11.6. The number of thiocarbonyl (C=S) groups is 1. The van der Waals surface area contributed by atoms with Crippen molar-refractivity contribution in [1.29, 1.82) is 0 Å². The minimum atomic E-state index is 0.324. The molecule has 2 N–H and O–H groups in total. The van der Waals surface area contributed by atoms with E-state index in [0.29, 0.717) is 21.5 Å². The van der Waals surface area contributed by atoms with Crippen molar-refractivity contribution in [3.8, 4) is 0 Å². The van der Waals surface area contributed by atoms with Crippen LogP contribution >= 0.6 is 24.0 Å². The molecule has 19 heavy (non-hydrogen) atoms. The number of nitrogens with two attached hydrogens (primary N) is 1. The largest absolute Gasteiger partial charge is 0.393 e. The molecule has 1 fully saturated rings. The summed E-state index contributed by atoms with van der Waals surface area (Å²) in [6.07, 6.45) is 0.767. The van der Waals surface area contributed by atoms with E-state index in [1.54, 1.807) is 0 Å². The third-order valence-electron chi connectivity index (χ3n) is 3.47. The van der Waals surface area contributed by atoms with Crippen molar-refractivity contribution in [1.82, 2.24) is 4.90 Å². The summed E-state index contributed by atoms with van der Waals surface area (Å²) in [5, 5.41) is 1.34. The van der Waals surface area contributed by atoms with Gasteiger partial charge in [-0.1, -0.05) is 56.4 Å². The fraction of sp³-hybridized carbons (Fsp3) is 0.533. The van der Waals surface area contributed by atoms with Crippen LogP contribution in [0.15, 0.2) is 30.3 Å². The number of rotatable bonds is 4. The summed E-state index contributed by atoms with van der Waals surface area (Å²) in [7, 11) is 0. The minimum Gasteiger partial charge on any atom is -0.393 e. The van der Waals surface area contributed by atoms with Crippen LogP contribution in [0.4, 0.5) is 0 Å². The molecule has 1 saturated heterocycles. The molecule has 1 aliphatic heterocycles. The van der Waals surface area contributed by atoms with Gasteiger partial charge >= 0.3 is 0 Å². The fourth-order valence-corrected chi connectivity index (χ4v) is 4.30. The molecule has 104 valence electrons. The van der Waals surface area contributed by atoms with E-state index >= 15 is 0 Å². The van der Waals surface area contributed by atoms with E-state index in [1.807, 2.05) is 0 Å². The third kappa shape index (κ3) is 4.20. The zero-order chi connectivity index (χ0) is 13.8. The molecule has 0 aliphatic carbocycles. The monoisotopic (exact) mass is 294 g/mol. The molecular formula is C15H22N2S2. The molecule has 3 atom stereocenters. The first kappa shape index (κ1) is 14.8. The summed E-state index contributed by atoms with van der Waals surface area (Å²) in [5.74, 6) is 0. The molecule has 0 bridgehead atoms. The molecule has 0 saturated carbocycles. The molecule has 0 radical (unpaired) electrons. The van der Waals surface area contributed by atoms with Crippen LogP contribution < -0.4 is 5.73 Å². The van der Waals surface area contributed by atoms with Gasteiger partial charge in [0.2, 0.25) is 0 Å². The van der Waals surface area contributed by atoms with Gasteiger partial charge in [0.1, 0.15) is 0 Å². The lowest BCUT2D eigenvalue weighted by atomic mass is 10.0. The standard InChI is InChI=1S/C15H22N2S2/c1-11-9-17(10-12(2)19-11)14(8-15(16)18)13-6-4-3-5-7-13/h3-7,11-12,14H,8-10H2,1-2H3,(H2,16,18). The molecule has 3 unspecified atom stereocenters. The first-order valence-corrected chi connectivity index (χ1v) is 8.14. The maximum atomic E-state index is 5.81. The predicted octanol–water partition coefficient (Wildman–Crippen LogP) is 3.23. The summed E-state index contributed by atoms with van der Waals surface area (Å²) >= 11 is 7.22. The molecule has 0 amide bonds. The Labute approximate surface area is 125 Å². The lowest BCUT2D eigenvalue weighted by molar-refractivity contribution is 0.199. The quantitative estimate of drug-likeness (QED) is 0.863. The molecule has 1 heterocycles. The van der Waals surface area contributed by atoms with Crippen LogP contribution in [0.1, 0.15) is 31.9 Å². The Bertz CT molecular complexity index is 411. The maximum Gasteiger partial charge on any atom is 0.0746 e. The van der Waals surface area contributed by atoms with Crippen LogP contribution in [0, 0.1) is 0 Å². The second kappa shape index (κ2) is 6.73. The van der Waals surface area contributed by atoms with Gasteiger partial charge in [-0.3, -0.25) is 4.90 Å². The van der Waals surface area contributed by atoms with Crippen molar-refractivity contribution in [2.45, 2.75) is 36.8 Å². The minimum absolute atomic E-state index is 0.324. The van der Waals surface area contributed by atoms with Crippen molar-refractivity contribution in [3.05, 3.63) is 35.9 Å². The van der Waals surface area contributed by atoms with Gasteiger partial charge in [-0.25, -0.2) is 0 Å². The fourth-order valence-electron chi connectivity index (χ4n) is 2.80. The van der Waals surface area contributed by atoms with Gasteiger partial charge in [-0.05, 0) is 5.56 Å². The van der Waals surface area contributed by atoms with Crippen LogP contribution in [0.25, 0.3) is 0 Å². The Morgan fingerprint density at radius 1 is 1.32 bits per heavy atom. The average Bonchev–Trinajstić information content (AvgIpc) is 2.35. The van der Waals surface area contributed by atoms with E-state index < -0.39 is 0 Å². The van der Waals surface area contributed by atoms with Crippen molar-refractivity contribution in [3.63, 3.8) is 0 Å². The first-order valence-electron chi connectivity index (χ1n) is 6.79. The second-order valence-corrected chi connectivity index (χ2v) is 7.71. The average molecular weight is 294 g/mol. The number of nitrogens with zero attached hydrogens (tertiary/aromatic N) is 1. The Kier molecular flexibility index (Phi) is 5.25. The van der Waals surface area contributed by atoms with Crippen molar-refractivity contribution in [2.75, 3.05) is 13.1 Å². The highest BCUT2D eigenvalue weighted by Crippen LogP contribution is 2.32. The van der Waals surface area contributed by atoms with E-state index in [9.17, 15) is 0 Å². The molecule has 1 aromatic rings. The van der Waals surface area contributed by atoms with Crippen molar-refractivity contribution in [2.24, 2.45) is 5.73 Å². The van der Waals surface area contributed by atoms with Crippen molar-refractivity contribution >= 4 is 29.0 Å². The van der Waals surface area contributed by atoms with Gasteiger partial charge in [0.25, 0.3) is 0 Å². The van der Waals surface area contributed by atoms with Gasteiger partial charge in [0, 0.05) is 36.1 Å². The van der Waals surface area contributed by atoms with Crippen LogP contribution in [-0.2, 0) is 0 Å². The number of thioether (sulfide) groups is 1.